The first kappa shape index (κ1) is 12.7. The second-order valence-electron chi connectivity index (χ2n) is 5.89. The lowest BCUT2D eigenvalue weighted by molar-refractivity contribution is 0.304. The largest absolute Gasteiger partial charge is 0.395 e. The second kappa shape index (κ2) is 5.37. The first-order valence-corrected chi connectivity index (χ1v) is 7.32. The van der Waals surface area contributed by atoms with Crippen molar-refractivity contribution in [3.8, 4) is 0 Å². The molecule has 2 aliphatic carbocycles. The van der Waals surface area contributed by atoms with Crippen molar-refractivity contribution < 1.29 is 5.11 Å². The van der Waals surface area contributed by atoms with E-state index < -0.39 is 0 Å². The summed E-state index contributed by atoms with van der Waals surface area (Å²) in [6.45, 7) is 0.809. The number of rotatable bonds is 7. The van der Waals surface area contributed by atoms with Gasteiger partial charge in [0.25, 0.3) is 0 Å². The van der Waals surface area contributed by atoms with Crippen molar-refractivity contribution in [2.75, 3.05) is 30.4 Å². The minimum absolute atomic E-state index is 0.169. The molecule has 4 heteroatoms. The monoisotopic (exact) mass is 261 g/mol. The van der Waals surface area contributed by atoms with Gasteiger partial charge in [0.1, 0.15) is 5.82 Å². The maximum Gasteiger partial charge on any atom is 0.126 e. The average molecular weight is 261 g/mol. The Labute approximate surface area is 114 Å². The van der Waals surface area contributed by atoms with Crippen molar-refractivity contribution in [1.82, 2.24) is 4.98 Å². The number of hydrogen-bond acceptors (Lipinski definition) is 4. The number of aliphatic hydroxyl groups is 1. The molecule has 0 bridgehead atoms. The highest BCUT2D eigenvalue weighted by atomic mass is 16.3. The number of likely N-dealkylation sites (N-methyl/N-ethyl adjacent to an activating group) is 1. The number of pyridine rings is 1. The Hall–Kier alpha value is -1.29. The van der Waals surface area contributed by atoms with Crippen LogP contribution in [0.15, 0.2) is 18.3 Å². The topological polar surface area (TPSA) is 48.4 Å². The van der Waals surface area contributed by atoms with Crippen molar-refractivity contribution >= 4 is 11.5 Å². The Kier molecular flexibility index (Phi) is 3.60. The van der Waals surface area contributed by atoms with Crippen LogP contribution in [0.1, 0.15) is 25.7 Å². The zero-order valence-electron chi connectivity index (χ0n) is 11.5. The Morgan fingerprint density at radius 3 is 2.47 bits per heavy atom. The third kappa shape index (κ3) is 3.18. The standard InChI is InChI=1S/C15H23N3O/c1-18(8-9-19)13-6-7-14(16-10-13)17-15(11-2-3-11)12-4-5-12/h6-7,10-12,15,19H,2-5,8-9H2,1H3,(H,16,17). The summed E-state index contributed by atoms with van der Waals surface area (Å²) in [5, 5.41) is 12.6. The molecule has 0 unspecified atom stereocenters. The van der Waals surface area contributed by atoms with Crippen LogP contribution in [0.4, 0.5) is 11.5 Å². The van der Waals surface area contributed by atoms with Crippen molar-refractivity contribution in [3.05, 3.63) is 18.3 Å². The molecular formula is C15H23N3O. The van der Waals surface area contributed by atoms with Gasteiger partial charge < -0.3 is 15.3 Å². The van der Waals surface area contributed by atoms with Gasteiger partial charge in [0.2, 0.25) is 0 Å². The molecule has 4 nitrogen and oxygen atoms in total. The Morgan fingerprint density at radius 1 is 1.32 bits per heavy atom. The van der Waals surface area contributed by atoms with Crippen LogP contribution in [0.2, 0.25) is 0 Å². The van der Waals surface area contributed by atoms with Gasteiger partial charge in [0.15, 0.2) is 0 Å². The third-order valence-electron chi connectivity index (χ3n) is 4.20. The van der Waals surface area contributed by atoms with Gasteiger partial charge in [-0.15, -0.1) is 0 Å². The lowest BCUT2D eigenvalue weighted by atomic mass is 10.1. The van der Waals surface area contributed by atoms with Gasteiger partial charge in [0.05, 0.1) is 18.5 Å². The first-order valence-electron chi connectivity index (χ1n) is 7.32. The lowest BCUT2D eigenvalue weighted by Crippen LogP contribution is -2.25. The van der Waals surface area contributed by atoms with Gasteiger partial charge in [-0.3, -0.25) is 0 Å². The van der Waals surface area contributed by atoms with E-state index in [1.807, 2.05) is 18.1 Å². The fourth-order valence-electron chi connectivity index (χ4n) is 2.68. The number of aromatic nitrogens is 1. The minimum atomic E-state index is 0.169. The summed E-state index contributed by atoms with van der Waals surface area (Å²) in [7, 11) is 1.97. The molecule has 2 fully saturated rings. The van der Waals surface area contributed by atoms with E-state index in [1.165, 1.54) is 25.7 Å². The Morgan fingerprint density at radius 2 is 2.00 bits per heavy atom. The molecule has 104 valence electrons. The smallest absolute Gasteiger partial charge is 0.126 e. The van der Waals surface area contributed by atoms with Gasteiger partial charge in [-0.25, -0.2) is 4.98 Å². The first-order chi connectivity index (χ1) is 9.28. The van der Waals surface area contributed by atoms with Crippen molar-refractivity contribution in [1.29, 1.82) is 0 Å². The molecular weight excluding hydrogens is 238 g/mol. The molecule has 2 N–H and O–H groups in total. The molecule has 0 amide bonds. The summed E-state index contributed by atoms with van der Waals surface area (Å²) in [5.74, 6) is 2.75. The highest BCUT2D eigenvalue weighted by Gasteiger charge is 2.41. The summed E-state index contributed by atoms with van der Waals surface area (Å²) in [6.07, 6.45) is 7.41. The second-order valence-corrected chi connectivity index (χ2v) is 5.89. The SMILES string of the molecule is CN(CCO)c1ccc(NC(C2CC2)C2CC2)nc1. The predicted molar refractivity (Wildman–Crippen MR) is 77.5 cm³/mol. The third-order valence-corrected chi connectivity index (χ3v) is 4.20. The zero-order chi connectivity index (χ0) is 13.2. The van der Waals surface area contributed by atoms with Crippen LogP contribution in [-0.4, -0.2) is 36.3 Å². The van der Waals surface area contributed by atoms with E-state index >= 15 is 0 Å². The molecule has 2 saturated carbocycles. The Balaban J connectivity index is 1.61. The number of nitrogens with one attached hydrogen (secondary N) is 1. The van der Waals surface area contributed by atoms with E-state index in [0.29, 0.717) is 12.6 Å². The van der Waals surface area contributed by atoms with Crippen LogP contribution in [0, 0.1) is 11.8 Å². The summed E-state index contributed by atoms with van der Waals surface area (Å²) < 4.78 is 0. The van der Waals surface area contributed by atoms with Gasteiger partial charge in [0, 0.05) is 19.6 Å². The van der Waals surface area contributed by atoms with E-state index in [4.69, 9.17) is 5.11 Å². The molecule has 0 radical (unpaired) electrons. The van der Waals surface area contributed by atoms with Crippen molar-refractivity contribution in [3.63, 3.8) is 0 Å². The number of hydrogen-bond donors (Lipinski definition) is 2. The summed E-state index contributed by atoms with van der Waals surface area (Å²) >= 11 is 0. The van der Waals surface area contributed by atoms with Crippen LogP contribution in [0.25, 0.3) is 0 Å². The maximum atomic E-state index is 8.93. The normalized spacial score (nSPS) is 18.7. The van der Waals surface area contributed by atoms with Gasteiger partial charge in [-0.1, -0.05) is 0 Å². The molecule has 0 saturated heterocycles. The highest BCUT2D eigenvalue weighted by molar-refractivity contribution is 5.49. The molecule has 2 aliphatic rings. The number of nitrogens with zero attached hydrogens (tertiary/aromatic N) is 2. The van der Waals surface area contributed by atoms with Crippen LogP contribution in [0.3, 0.4) is 0 Å². The lowest BCUT2D eigenvalue weighted by Gasteiger charge is -2.20. The molecule has 0 aliphatic heterocycles. The van der Waals surface area contributed by atoms with Crippen LogP contribution in [0.5, 0.6) is 0 Å². The molecule has 1 heterocycles. The number of aliphatic hydroxyl groups excluding tert-OH is 1. The molecule has 0 spiro atoms. The van der Waals surface area contributed by atoms with Crippen molar-refractivity contribution in [2.45, 2.75) is 31.7 Å². The average Bonchev–Trinajstić information content (AvgIpc) is 3.30. The van der Waals surface area contributed by atoms with Crippen molar-refractivity contribution in [2.24, 2.45) is 11.8 Å². The number of anilines is 2. The van der Waals surface area contributed by atoms with E-state index in [-0.39, 0.29) is 6.61 Å². The highest BCUT2D eigenvalue weighted by Crippen LogP contribution is 2.45. The molecule has 3 rings (SSSR count). The van der Waals surface area contributed by atoms with E-state index in [2.05, 4.69) is 22.4 Å². The zero-order valence-corrected chi connectivity index (χ0v) is 11.5. The fourth-order valence-corrected chi connectivity index (χ4v) is 2.68. The van der Waals surface area contributed by atoms with E-state index in [0.717, 1.165) is 23.3 Å². The Bertz CT molecular complexity index is 400. The molecule has 0 atom stereocenters. The van der Waals surface area contributed by atoms with Crippen LogP contribution in [-0.2, 0) is 0 Å². The molecule has 19 heavy (non-hydrogen) atoms. The quantitative estimate of drug-likeness (QED) is 0.789. The van der Waals surface area contributed by atoms with Crippen LogP contribution >= 0.6 is 0 Å². The van der Waals surface area contributed by atoms with Gasteiger partial charge in [-0.05, 0) is 49.7 Å². The van der Waals surface area contributed by atoms with Crippen LogP contribution < -0.4 is 10.2 Å². The summed E-state index contributed by atoms with van der Waals surface area (Å²) in [5.41, 5.74) is 1.05. The van der Waals surface area contributed by atoms with E-state index in [1.54, 1.807) is 0 Å². The summed E-state index contributed by atoms with van der Waals surface area (Å²) in [6, 6.07) is 4.77. The predicted octanol–water partition coefficient (Wildman–Crippen LogP) is 2.11. The fraction of sp³-hybridized carbons (Fsp3) is 0.667. The van der Waals surface area contributed by atoms with E-state index in [9.17, 15) is 0 Å². The minimum Gasteiger partial charge on any atom is -0.395 e. The molecule has 0 aromatic carbocycles. The summed E-state index contributed by atoms with van der Waals surface area (Å²) in [4.78, 5) is 6.52. The van der Waals surface area contributed by atoms with Gasteiger partial charge >= 0.3 is 0 Å². The maximum absolute atomic E-state index is 8.93. The van der Waals surface area contributed by atoms with Gasteiger partial charge in [-0.2, -0.15) is 0 Å². The molecule has 1 aromatic heterocycles. The molecule has 1 aromatic rings.